The van der Waals surface area contributed by atoms with Crippen molar-refractivity contribution < 1.29 is 28.1 Å². The summed E-state index contributed by atoms with van der Waals surface area (Å²) in [6.07, 6.45) is 0. The number of carboxylic acid groups (broad SMARTS) is 1. The van der Waals surface area contributed by atoms with Gasteiger partial charge in [-0.05, 0) is 29.8 Å². The van der Waals surface area contributed by atoms with Crippen LogP contribution in [0.15, 0.2) is 40.8 Å². The Bertz CT molecular complexity index is 701. The highest BCUT2D eigenvalue weighted by atomic mass is 32.2. The number of aromatic carboxylic acids is 1. The highest BCUT2D eigenvalue weighted by Crippen LogP contribution is 2.14. The fourth-order valence-electron chi connectivity index (χ4n) is 1.80. The first-order valence-corrected chi connectivity index (χ1v) is 7.82. The Morgan fingerprint density at radius 3 is 2.41 bits per heavy atom. The highest BCUT2D eigenvalue weighted by Gasteiger charge is 2.13. The maximum absolute atomic E-state index is 12.1. The zero-order valence-electron chi connectivity index (χ0n) is 11.8. The lowest BCUT2D eigenvalue weighted by molar-refractivity contribution is 0.0563. The topological polar surface area (TPSA) is 93.8 Å². The van der Waals surface area contributed by atoms with Crippen LogP contribution in [-0.2, 0) is 27.0 Å². The van der Waals surface area contributed by atoms with E-state index in [1.807, 2.05) is 0 Å². The Morgan fingerprint density at radius 2 is 1.82 bits per heavy atom. The second-order valence-corrected chi connectivity index (χ2v) is 5.95. The van der Waals surface area contributed by atoms with E-state index in [0.29, 0.717) is 5.76 Å². The summed E-state index contributed by atoms with van der Waals surface area (Å²) >= 11 is 0. The molecule has 0 amide bonds. The van der Waals surface area contributed by atoms with Crippen LogP contribution < -0.4 is 0 Å². The molecule has 0 saturated carbocycles. The van der Waals surface area contributed by atoms with Crippen molar-refractivity contribution >= 4 is 22.7 Å². The van der Waals surface area contributed by atoms with Crippen molar-refractivity contribution in [2.45, 2.75) is 11.5 Å². The average Bonchev–Trinajstić information content (AvgIpc) is 2.95. The highest BCUT2D eigenvalue weighted by molar-refractivity contribution is 7.83. The molecule has 2 aromatic rings. The lowest BCUT2D eigenvalue weighted by atomic mass is 10.1. The van der Waals surface area contributed by atoms with Crippen LogP contribution >= 0.6 is 0 Å². The fraction of sp³-hybridized carbons (Fsp3) is 0.200. The zero-order valence-corrected chi connectivity index (χ0v) is 12.6. The number of furan rings is 1. The van der Waals surface area contributed by atoms with Gasteiger partial charge in [-0.15, -0.1) is 0 Å². The smallest absolute Gasteiger partial charge is 0.373 e. The van der Waals surface area contributed by atoms with Crippen molar-refractivity contribution in [3.63, 3.8) is 0 Å². The van der Waals surface area contributed by atoms with Crippen molar-refractivity contribution in [2.75, 3.05) is 7.11 Å². The molecule has 0 aliphatic carbocycles. The minimum absolute atomic E-state index is 0.0697. The Balaban J connectivity index is 1.96. The van der Waals surface area contributed by atoms with Crippen molar-refractivity contribution in [1.82, 2.24) is 0 Å². The first-order chi connectivity index (χ1) is 10.5. The maximum atomic E-state index is 12.1. The molecule has 0 radical (unpaired) electrons. The molecule has 0 saturated heterocycles. The van der Waals surface area contributed by atoms with E-state index in [0.717, 1.165) is 5.56 Å². The Hall–Kier alpha value is -2.41. The molecule has 1 N–H and O–H groups in total. The summed E-state index contributed by atoms with van der Waals surface area (Å²) in [6.45, 7) is 0. The van der Waals surface area contributed by atoms with E-state index in [-0.39, 0.29) is 22.8 Å². The van der Waals surface area contributed by atoms with E-state index in [1.165, 1.54) is 25.3 Å². The van der Waals surface area contributed by atoms with Gasteiger partial charge in [0.25, 0.3) is 0 Å². The molecule has 0 aliphatic rings. The number of esters is 1. The lowest BCUT2D eigenvalue weighted by Crippen LogP contribution is -2.01. The normalized spacial score (nSPS) is 11.9. The average molecular weight is 322 g/mol. The quantitative estimate of drug-likeness (QED) is 0.820. The molecule has 1 atom stereocenters. The molecule has 0 spiro atoms. The molecule has 6 nitrogen and oxygen atoms in total. The Morgan fingerprint density at radius 1 is 1.14 bits per heavy atom. The van der Waals surface area contributed by atoms with E-state index >= 15 is 0 Å². The van der Waals surface area contributed by atoms with Crippen molar-refractivity contribution in [2.24, 2.45) is 0 Å². The molecule has 1 heterocycles. The number of ether oxygens (including phenoxy) is 1. The molecule has 1 aromatic heterocycles. The van der Waals surface area contributed by atoms with Gasteiger partial charge in [0.1, 0.15) is 5.76 Å². The summed E-state index contributed by atoms with van der Waals surface area (Å²) in [7, 11) is 0.0190. The van der Waals surface area contributed by atoms with Crippen LogP contribution in [0.1, 0.15) is 32.2 Å². The second-order valence-electron chi connectivity index (χ2n) is 4.49. The van der Waals surface area contributed by atoms with Gasteiger partial charge in [0, 0.05) is 16.6 Å². The Kier molecular flexibility index (Phi) is 5.11. The van der Waals surface area contributed by atoms with Gasteiger partial charge >= 0.3 is 11.9 Å². The summed E-state index contributed by atoms with van der Waals surface area (Å²) in [4.78, 5) is 22.0. The monoisotopic (exact) mass is 322 g/mol. The minimum Gasteiger partial charge on any atom is -0.478 e. The van der Waals surface area contributed by atoms with E-state index in [1.54, 1.807) is 18.2 Å². The number of rotatable bonds is 6. The number of benzene rings is 1. The van der Waals surface area contributed by atoms with Gasteiger partial charge in [0.05, 0.1) is 18.4 Å². The molecular formula is C15H14O6S. The summed E-state index contributed by atoms with van der Waals surface area (Å²) in [5, 5.41) is 8.81. The largest absolute Gasteiger partial charge is 0.478 e. The van der Waals surface area contributed by atoms with Crippen molar-refractivity contribution in [3.05, 3.63) is 59.0 Å². The fourth-order valence-corrected chi connectivity index (χ4v) is 2.94. The number of hydrogen-bond acceptors (Lipinski definition) is 5. The summed E-state index contributed by atoms with van der Waals surface area (Å²) in [5.74, 6) is -0.646. The van der Waals surface area contributed by atoms with E-state index in [2.05, 4.69) is 4.74 Å². The first kappa shape index (κ1) is 16.0. The predicted octanol–water partition coefficient (Wildman–Crippen LogP) is 2.21. The number of methoxy groups -OCH3 is 1. The van der Waals surface area contributed by atoms with Crippen LogP contribution in [0.5, 0.6) is 0 Å². The van der Waals surface area contributed by atoms with Gasteiger partial charge in [-0.2, -0.15) is 0 Å². The predicted molar refractivity (Wildman–Crippen MR) is 79.0 cm³/mol. The van der Waals surface area contributed by atoms with E-state index in [4.69, 9.17) is 9.52 Å². The number of hydrogen-bond donors (Lipinski definition) is 1. The standard InChI is InChI=1S/C15H14O6S/c1-20-15(18)13-7-6-12(21-13)9-22(19)8-10-2-4-11(5-3-10)14(16)17/h2-7H,8-9H2,1H3,(H,16,17). The van der Waals surface area contributed by atoms with Crippen LogP contribution in [0.25, 0.3) is 0 Å². The summed E-state index contributed by atoms with van der Waals surface area (Å²) in [6, 6.07) is 9.25. The molecule has 0 bridgehead atoms. The zero-order chi connectivity index (χ0) is 16.1. The van der Waals surface area contributed by atoms with Crippen LogP contribution in [-0.4, -0.2) is 28.4 Å². The maximum Gasteiger partial charge on any atom is 0.373 e. The molecule has 116 valence electrons. The van der Waals surface area contributed by atoms with Gasteiger partial charge in [-0.3, -0.25) is 4.21 Å². The third-order valence-electron chi connectivity index (χ3n) is 2.88. The number of carbonyl (C=O) groups excluding carboxylic acids is 1. The van der Waals surface area contributed by atoms with Crippen molar-refractivity contribution in [3.8, 4) is 0 Å². The molecule has 22 heavy (non-hydrogen) atoms. The van der Waals surface area contributed by atoms with E-state index < -0.39 is 22.7 Å². The molecular weight excluding hydrogens is 308 g/mol. The lowest BCUT2D eigenvalue weighted by Gasteiger charge is -2.02. The van der Waals surface area contributed by atoms with Gasteiger partial charge in [-0.25, -0.2) is 9.59 Å². The van der Waals surface area contributed by atoms with Crippen LogP contribution in [0, 0.1) is 0 Å². The third-order valence-corrected chi connectivity index (χ3v) is 4.14. The second kappa shape index (κ2) is 7.04. The van der Waals surface area contributed by atoms with Gasteiger partial charge in [0.15, 0.2) is 0 Å². The molecule has 1 unspecified atom stereocenters. The molecule has 7 heteroatoms. The van der Waals surface area contributed by atoms with Gasteiger partial charge in [0.2, 0.25) is 5.76 Å². The van der Waals surface area contributed by atoms with Gasteiger partial charge < -0.3 is 14.3 Å². The Labute approximate surface area is 129 Å². The van der Waals surface area contributed by atoms with Crippen LogP contribution in [0.3, 0.4) is 0 Å². The summed E-state index contributed by atoms with van der Waals surface area (Å²) in [5.41, 5.74) is 0.950. The van der Waals surface area contributed by atoms with Crippen LogP contribution in [0.4, 0.5) is 0 Å². The van der Waals surface area contributed by atoms with Crippen molar-refractivity contribution in [1.29, 1.82) is 0 Å². The van der Waals surface area contributed by atoms with Gasteiger partial charge in [-0.1, -0.05) is 12.1 Å². The first-order valence-electron chi connectivity index (χ1n) is 6.34. The molecule has 1 aromatic carbocycles. The van der Waals surface area contributed by atoms with E-state index in [9.17, 15) is 13.8 Å². The summed E-state index contributed by atoms with van der Waals surface area (Å²) < 4.78 is 21.8. The minimum atomic E-state index is -1.23. The molecule has 0 aliphatic heterocycles. The number of carbonyl (C=O) groups is 2. The third kappa shape index (κ3) is 4.05. The SMILES string of the molecule is COC(=O)c1ccc(CS(=O)Cc2ccc(C(=O)O)cc2)o1. The number of carboxylic acids is 1. The van der Waals surface area contributed by atoms with Crippen LogP contribution in [0.2, 0.25) is 0 Å². The molecule has 0 fully saturated rings. The molecule has 2 rings (SSSR count).